The van der Waals surface area contributed by atoms with Gasteiger partial charge in [-0.3, -0.25) is 0 Å². The van der Waals surface area contributed by atoms with Crippen LogP contribution in [0.3, 0.4) is 0 Å². The molecule has 1 fully saturated rings. The van der Waals surface area contributed by atoms with Gasteiger partial charge >= 0.3 is 0 Å². The van der Waals surface area contributed by atoms with Gasteiger partial charge in [0.1, 0.15) is 5.75 Å². The first-order chi connectivity index (χ1) is 12.0. The molecule has 25 heavy (non-hydrogen) atoms. The quantitative estimate of drug-likeness (QED) is 0.488. The van der Waals surface area contributed by atoms with E-state index in [4.69, 9.17) is 9.47 Å². The summed E-state index contributed by atoms with van der Waals surface area (Å²) >= 11 is 4.24. The Kier molecular flexibility index (Phi) is 8.24. The summed E-state index contributed by atoms with van der Waals surface area (Å²) in [5, 5.41) is 0. The summed E-state index contributed by atoms with van der Waals surface area (Å²) in [7, 11) is 1.69. The normalized spacial score (nSPS) is 18.6. The standard InChI is InChI=1S/C21H32O2S2/c1-6-21(3,4)19(14-16(2)20-24-12-7-13-25-20)23-15-17-8-10-18(22-5)11-9-17/h6,8-11,16,19-20H,1,7,12-15H2,2-5H3/t16-,19-/m1/s1. The molecule has 1 aromatic rings. The van der Waals surface area contributed by atoms with Crippen molar-refractivity contribution in [2.24, 2.45) is 11.3 Å². The monoisotopic (exact) mass is 380 g/mol. The first-order valence-electron chi connectivity index (χ1n) is 9.07. The van der Waals surface area contributed by atoms with Crippen LogP contribution >= 0.6 is 23.5 Å². The SMILES string of the molecule is C=CC(C)(C)[C@@H](C[C@@H](C)C1SCCCS1)OCc1ccc(OC)cc1. The van der Waals surface area contributed by atoms with Crippen molar-refractivity contribution in [3.8, 4) is 5.75 Å². The van der Waals surface area contributed by atoms with Gasteiger partial charge in [0.05, 0.1) is 24.4 Å². The minimum atomic E-state index is -0.0370. The predicted molar refractivity (Wildman–Crippen MR) is 113 cm³/mol. The van der Waals surface area contributed by atoms with E-state index in [1.165, 1.54) is 23.5 Å². The topological polar surface area (TPSA) is 18.5 Å². The second kappa shape index (κ2) is 9.94. The minimum Gasteiger partial charge on any atom is -0.497 e. The highest BCUT2D eigenvalue weighted by Crippen LogP contribution is 2.40. The lowest BCUT2D eigenvalue weighted by Crippen LogP contribution is -2.34. The third-order valence-electron chi connectivity index (χ3n) is 4.87. The summed E-state index contributed by atoms with van der Waals surface area (Å²) in [6, 6.07) is 8.13. The first-order valence-corrected chi connectivity index (χ1v) is 11.2. The van der Waals surface area contributed by atoms with Crippen LogP contribution in [0.2, 0.25) is 0 Å². The Morgan fingerprint density at radius 2 is 1.88 bits per heavy atom. The smallest absolute Gasteiger partial charge is 0.118 e. The molecule has 2 rings (SSSR count). The second-order valence-electron chi connectivity index (χ2n) is 7.35. The molecule has 0 bridgehead atoms. The van der Waals surface area contributed by atoms with Gasteiger partial charge in [-0.25, -0.2) is 0 Å². The Labute approximate surface area is 162 Å². The first kappa shape index (κ1) is 20.7. The molecule has 1 saturated heterocycles. The number of benzene rings is 1. The maximum Gasteiger partial charge on any atom is 0.118 e. The van der Waals surface area contributed by atoms with E-state index in [0.717, 1.165) is 12.2 Å². The van der Waals surface area contributed by atoms with Crippen molar-refractivity contribution in [2.75, 3.05) is 18.6 Å². The van der Waals surface area contributed by atoms with E-state index in [0.29, 0.717) is 17.1 Å². The van der Waals surface area contributed by atoms with Crippen LogP contribution in [0.25, 0.3) is 0 Å². The molecule has 0 radical (unpaired) electrons. The summed E-state index contributed by atoms with van der Waals surface area (Å²) in [6.45, 7) is 11.5. The maximum atomic E-state index is 6.39. The number of thioether (sulfide) groups is 2. The van der Waals surface area contributed by atoms with Gasteiger partial charge in [-0.05, 0) is 48.0 Å². The zero-order valence-electron chi connectivity index (χ0n) is 16.0. The summed E-state index contributed by atoms with van der Waals surface area (Å²) in [4.78, 5) is 0. The summed E-state index contributed by atoms with van der Waals surface area (Å²) in [5.74, 6) is 4.11. The van der Waals surface area contributed by atoms with Gasteiger partial charge in [-0.2, -0.15) is 0 Å². The Balaban J connectivity index is 1.98. The van der Waals surface area contributed by atoms with Gasteiger partial charge in [0.2, 0.25) is 0 Å². The largest absolute Gasteiger partial charge is 0.497 e. The van der Waals surface area contributed by atoms with Gasteiger partial charge < -0.3 is 9.47 Å². The molecule has 140 valence electrons. The molecule has 1 heterocycles. The van der Waals surface area contributed by atoms with E-state index < -0.39 is 0 Å². The van der Waals surface area contributed by atoms with Crippen LogP contribution in [-0.2, 0) is 11.3 Å². The van der Waals surface area contributed by atoms with Crippen molar-refractivity contribution >= 4 is 23.5 Å². The molecule has 0 saturated carbocycles. The zero-order chi connectivity index (χ0) is 18.3. The highest BCUT2D eigenvalue weighted by molar-refractivity contribution is 8.17. The van der Waals surface area contributed by atoms with Crippen LogP contribution in [0.1, 0.15) is 39.2 Å². The van der Waals surface area contributed by atoms with Crippen molar-refractivity contribution in [2.45, 2.75) is 50.9 Å². The Bertz CT molecular complexity index is 521. The van der Waals surface area contributed by atoms with E-state index in [-0.39, 0.29) is 11.5 Å². The average molecular weight is 381 g/mol. The van der Waals surface area contributed by atoms with Crippen molar-refractivity contribution in [1.82, 2.24) is 0 Å². The van der Waals surface area contributed by atoms with Crippen LogP contribution in [0.5, 0.6) is 5.75 Å². The van der Waals surface area contributed by atoms with Crippen LogP contribution in [-0.4, -0.2) is 29.3 Å². The Morgan fingerprint density at radius 1 is 1.24 bits per heavy atom. The molecule has 1 aromatic carbocycles. The molecule has 2 atom stereocenters. The van der Waals surface area contributed by atoms with Crippen LogP contribution in [0.4, 0.5) is 0 Å². The van der Waals surface area contributed by atoms with E-state index in [2.05, 4.69) is 63.0 Å². The molecule has 0 aliphatic carbocycles. The fourth-order valence-corrected chi connectivity index (χ4v) is 6.03. The number of methoxy groups -OCH3 is 1. The summed E-state index contributed by atoms with van der Waals surface area (Å²) < 4.78 is 12.3. The van der Waals surface area contributed by atoms with Gasteiger partial charge in [0, 0.05) is 5.41 Å². The lowest BCUT2D eigenvalue weighted by atomic mass is 9.82. The second-order valence-corrected chi connectivity index (χ2v) is 10.1. The molecular formula is C21H32O2S2. The summed E-state index contributed by atoms with van der Waals surface area (Å²) in [6.07, 6.45) is 4.62. The molecule has 1 aliphatic heterocycles. The third kappa shape index (κ3) is 6.26. The van der Waals surface area contributed by atoms with Crippen LogP contribution in [0.15, 0.2) is 36.9 Å². The lowest BCUT2D eigenvalue weighted by molar-refractivity contribution is -0.0284. The molecule has 0 unspecified atom stereocenters. The molecular weight excluding hydrogens is 348 g/mol. The van der Waals surface area contributed by atoms with Crippen LogP contribution < -0.4 is 4.74 Å². The van der Waals surface area contributed by atoms with E-state index in [1.54, 1.807) is 7.11 Å². The number of hydrogen-bond donors (Lipinski definition) is 0. The number of hydrogen-bond acceptors (Lipinski definition) is 4. The molecule has 1 aliphatic rings. The minimum absolute atomic E-state index is 0.0370. The van der Waals surface area contributed by atoms with Crippen molar-refractivity contribution in [1.29, 1.82) is 0 Å². The fraction of sp³-hybridized carbons (Fsp3) is 0.619. The maximum absolute atomic E-state index is 6.39. The van der Waals surface area contributed by atoms with Crippen molar-refractivity contribution in [3.05, 3.63) is 42.5 Å². The van der Waals surface area contributed by atoms with E-state index >= 15 is 0 Å². The zero-order valence-corrected chi connectivity index (χ0v) is 17.6. The van der Waals surface area contributed by atoms with Gasteiger partial charge in [0.25, 0.3) is 0 Å². The average Bonchev–Trinajstić information content (AvgIpc) is 2.65. The van der Waals surface area contributed by atoms with E-state index in [9.17, 15) is 0 Å². The number of ether oxygens (including phenoxy) is 2. The van der Waals surface area contributed by atoms with Gasteiger partial charge in [0.15, 0.2) is 0 Å². The summed E-state index contributed by atoms with van der Waals surface area (Å²) in [5.41, 5.74) is 1.14. The predicted octanol–water partition coefficient (Wildman–Crippen LogP) is 6.02. The van der Waals surface area contributed by atoms with Gasteiger partial charge in [-0.15, -0.1) is 30.1 Å². The van der Waals surface area contributed by atoms with Crippen molar-refractivity contribution in [3.63, 3.8) is 0 Å². The lowest BCUT2D eigenvalue weighted by Gasteiger charge is -2.36. The molecule has 0 spiro atoms. The molecule has 2 nitrogen and oxygen atoms in total. The molecule has 4 heteroatoms. The molecule has 0 N–H and O–H groups in total. The van der Waals surface area contributed by atoms with E-state index in [1.807, 2.05) is 18.2 Å². The van der Waals surface area contributed by atoms with Crippen molar-refractivity contribution < 1.29 is 9.47 Å². The Morgan fingerprint density at radius 3 is 2.44 bits per heavy atom. The van der Waals surface area contributed by atoms with Crippen LogP contribution in [0, 0.1) is 11.3 Å². The number of rotatable bonds is 9. The third-order valence-corrected chi connectivity index (χ3v) is 8.32. The van der Waals surface area contributed by atoms with Gasteiger partial charge in [-0.1, -0.05) is 39.0 Å². The highest BCUT2D eigenvalue weighted by atomic mass is 32.2. The molecule has 0 aromatic heterocycles. The highest BCUT2D eigenvalue weighted by Gasteiger charge is 2.32. The Hall–Kier alpha value is -0.580. The fourth-order valence-electron chi connectivity index (χ4n) is 2.92. The molecule has 0 amide bonds.